The zero-order chi connectivity index (χ0) is 20.7. The quantitative estimate of drug-likeness (QED) is 0.292. The van der Waals surface area contributed by atoms with Crippen molar-refractivity contribution in [2.45, 2.75) is 6.92 Å². The number of furan rings is 1. The molecule has 0 unspecified atom stereocenters. The first-order valence-electron chi connectivity index (χ1n) is 10.4. The fourth-order valence-corrected chi connectivity index (χ4v) is 4.97. The van der Waals surface area contributed by atoms with Gasteiger partial charge in [-0.25, -0.2) is 4.57 Å². The molecule has 4 aromatic carbocycles. The third-order valence-electron chi connectivity index (χ3n) is 6.35. The first-order chi connectivity index (χ1) is 15.2. The normalized spacial score (nSPS) is 12.2. The van der Waals surface area contributed by atoms with Gasteiger partial charge in [0.05, 0.1) is 7.05 Å². The Balaban J connectivity index is 1.68. The molecule has 4 nitrogen and oxygen atoms in total. The molecule has 0 amide bonds. The lowest BCUT2D eigenvalue weighted by molar-refractivity contribution is -0.658. The van der Waals surface area contributed by atoms with Crippen LogP contribution in [0.2, 0.25) is 0 Å². The van der Waals surface area contributed by atoms with Gasteiger partial charge in [0, 0.05) is 10.8 Å². The number of para-hydroxylation sites is 2. The Morgan fingerprint density at radius 1 is 0.774 bits per heavy atom. The maximum absolute atomic E-state index is 6.53. The van der Waals surface area contributed by atoms with Crippen molar-refractivity contribution in [2.24, 2.45) is 7.05 Å². The van der Waals surface area contributed by atoms with Crippen LogP contribution in [-0.2, 0) is 7.05 Å². The van der Waals surface area contributed by atoms with E-state index in [2.05, 4.69) is 77.5 Å². The molecule has 3 heterocycles. The highest BCUT2D eigenvalue weighted by Gasteiger charge is 2.29. The molecular weight excluding hydrogens is 384 g/mol. The van der Waals surface area contributed by atoms with E-state index in [1.54, 1.807) is 0 Å². The third-order valence-corrected chi connectivity index (χ3v) is 6.35. The largest absolute Gasteiger partial charge is 0.455 e. The zero-order valence-electron chi connectivity index (χ0n) is 17.2. The molecule has 7 rings (SSSR count). The Labute approximate surface area is 177 Å². The number of hydrogen-bond acceptors (Lipinski definition) is 2. The van der Waals surface area contributed by atoms with Gasteiger partial charge in [0.15, 0.2) is 22.9 Å². The SMILES string of the molecule is Cc1ccc2c(oc3ccc4ccccc4c32)c1-c1n2c(c[n+]1C)oc1ccccc12. The zero-order valence-corrected chi connectivity index (χ0v) is 17.2. The number of benzene rings is 4. The number of nitrogens with zero attached hydrogens (tertiary/aromatic N) is 2. The smallest absolute Gasteiger partial charge is 0.336 e. The number of fused-ring (bicyclic) bond motifs is 8. The number of rotatable bonds is 1. The van der Waals surface area contributed by atoms with E-state index in [0.29, 0.717) is 0 Å². The van der Waals surface area contributed by atoms with Crippen molar-refractivity contribution in [3.63, 3.8) is 0 Å². The minimum atomic E-state index is 0.816. The summed E-state index contributed by atoms with van der Waals surface area (Å²) in [6.45, 7) is 2.14. The summed E-state index contributed by atoms with van der Waals surface area (Å²) >= 11 is 0. The summed E-state index contributed by atoms with van der Waals surface area (Å²) in [7, 11) is 2.06. The predicted molar refractivity (Wildman–Crippen MR) is 123 cm³/mol. The van der Waals surface area contributed by atoms with Crippen LogP contribution < -0.4 is 4.57 Å². The van der Waals surface area contributed by atoms with E-state index < -0.39 is 0 Å². The summed E-state index contributed by atoms with van der Waals surface area (Å²) in [4.78, 5) is 0. The van der Waals surface area contributed by atoms with Crippen molar-refractivity contribution >= 4 is 49.5 Å². The highest BCUT2D eigenvalue weighted by molar-refractivity contribution is 6.20. The fraction of sp³-hybridized carbons (Fsp3) is 0.0741. The molecule has 0 bridgehead atoms. The second kappa shape index (κ2) is 5.76. The molecule has 0 spiro atoms. The second-order valence-corrected chi connectivity index (χ2v) is 8.20. The Hall–Kier alpha value is -4.05. The topological polar surface area (TPSA) is 34.6 Å². The summed E-state index contributed by atoms with van der Waals surface area (Å²) in [5.74, 6) is 1.05. The Bertz CT molecular complexity index is 1810. The van der Waals surface area contributed by atoms with Gasteiger partial charge in [0.2, 0.25) is 0 Å². The number of imidazole rings is 1. The lowest BCUT2D eigenvalue weighted by Gasteiger charge is -2.04. The number of aromatic nitrogens is 2. The Kier molecular flexibility index (Phi) is 3.11. The average Bonchev–Trinajstić information content (AvgIpc) is 3.43. The molecular formula is C27H19N2O2+. The molecule has 0 aliphatic rings. The molecule has 4 heteroatoms. The maximum Gasteiger partial charge on any atom is 0.336 e. The summed E-state index contributed by atoms with van der Waals surface area (Å²) < 4.78 is 17.0. The molecule has 0 radical (unpaired) electrons. The van der Waals surface area contributed by atoms with Crippen LogP contribution in [0.1, 0.15) is 5.56 Å². The molecule has 31 heavy (non-hydrogen) atoms. The van der Waals surface area contributed by atoms with Crippen molar-refractivity contribution in [3.8, 4) is 11.4 Å². The van der Waals surface area contributed by atoms with E-state index in [0.717, 1.165) is 50.3 Å². The van der Waals surface area contributed by atoms with Crippen LogP contribution in [0.3, 0.4) is 0 Å². The molecule has 3 aromatic heterocycles. The molecule has 7 aromatic rings. The van der Waals surface area contributed by atoms with Crippen LogP contribution in [0.5, 0.6) is 0 Å². The molecule has 0 aliphatic carbocycles. The number of oxazole rings is 1. The van der Waals surface area contributed by atoms with Crippen LogP contribution in [0.15, 0.2) is 87.8 Å². The highest BCUT2D eigenvalue weighted by atomic mass is 16.3. The molecule has 148 valence electrons. The average molecular weight is 403 g/mol. The molecule has 0 saturated carbocycles. The first kappa shape index (κ1) is 16.7. The molecule has 0 fully saturated rings. The van der Waals surface area contributed by atoms with Gasteiger partial charge in [-0.05, 0) is 41.5 Å². The number of hydrogen-bond donors (Lipinski definition) is 0. The summed E-state index contributed by atoms with van der Waals surface area (Å²) in [6.07, 6.45) is 2.03. The van der Waals surface area contributed by atoms with Crippen molar-refractivity contribution < 1.29 is 13.4 Å². The maximum atomic E-state index is 6.53. The van der Waals surface area contributed by atoms with E-state index in [1.165, 1.54) is 16.2 Å². The fourth-order valence-electron chi connectivity index (χ4n) is 4.97. The van der Waals surface area contributed by atoms with E-state index in [9.17, 15) is 0 Å². The van der Waals surface area contributed by atoms with Gasteiger partial charge in [-0.15, -0.1) is 0 Å². The van der Waals surface area contributed by atoms with E-state index in [1.807, 2.05) is 24.4 Å². The van der Waals surface area contributed by atoms with Crippen molar-refractivity contribution in [2.75, 3.05) is 0 Å². The van der Waals surface area contributed by atoms with Crippen LogP contribution in [0, 0.1) is 6.92 Å². The van der Waals surface area contributed by atoms with Gasteiger partial charge < -0.3 is 8.83 Å². The van der Waals surface area contributed by atoms with Crippen LogP contribution in [-0.4, -0.2) is 4.40 Å². The molecule has 0 atom stereocenters. The van der Waals surface area contributed by atoms with Crippen LogP contribution in [0.25, 0.3) is 60.9 Å². The Morgan fingerprint density at radius 2 is 1.61 bits per heavy atom. The van der Waals surface area contributed by atoms with Gasteiger partial charge in [-0.1, -0.05) is 54.6 Å². The summed E-state index contributed by atoms with van der Waals surface area (Å²) in [5, 5.41) is 4.74. The van der Waals surface area contributed by atoms with Gasteiger partial charge in [-0.3, -0.25) is 0 Å². The van der Waals surface area contributed by atoms with E-state index in [-0.39, 0.29) is 0 Å². The van der Waals surface area contributed by atoms with Crippen molar-refractivity contribution in [3.05, 3.63) is 84.6 Å². The molecule has 0 aliphatic heterocycles. The number of aryl methyl sites for hydroxylation is 2. The van der Waals surface area contributed by atoms with Crippen molar-refractivity contribution in [1.29, 1.82) is 0 Å². The van der Waals surface area contributed by atoms with Crippen LogP contribution in [0.4, 0.5) is 0 Å². The van der Waals surface area contributed by atoms with E-state index in [4.69, 9.17) is 8.83 Å². The van der Waals surface area contributed by atoms with Crippen molar-refractivity contribution in [1.82, 2.24) is 4.40 Å². The third kappa shape index (κ3) is 2.11. The summed E-state index contributed by atoms with van der Waals surface area (Å²) in [6, 6.07) is 25.2. The minimum absolute atomic E-state index is 0.816. The minimum Gasteiger partial charge on any atom is -0.455 e. The highest BCUT2D eigenvalue weighted by Crippen LogP contribution is 2.40. The molecule has 0 N–H and O–H groups in total. The molecule has 0 saturated heterocycles. The van der Waals surface area contributed by atoms with E-state index >= 15 is 0 Å². The van der Waals surface area contributed by atoms with Gasteiger partial charge in [0.1, 0.15) is 11.1 Å². The van der Waals surface area contributed by atoms with Gasteiger partial charge in [0.25, 0.3) is 0 Å². The van der Waals surface area contributed by atoms with Gasteiger partial charge >= 0.3 is 11.5 Å². The van der Waals surface area contributed by atoms with Crippen LogP contribution >= 0.6 is 0 Å². The second-order valence-electron chi connectivity index (χ2n) is 8.20. The summed E-state index contributed by atoms with van der Waals surface area (Å²) in [5.41, 5.74) is 6.81. The lowest BCUT2D eigenvalue weighted by atomic mass is 10.00. The standard InChI is InChI=1S/C27H19N2O2/c1-16-11-13-19-25-18-8-4-3-7-17(18)12-14-22(25)31-26(19)24(16)27-28(2)15-23-29(27)20-9-5-6-10-21(20)30-23/h3-15H,1-2H3/q+1. The Morgan fingerprint density at radius 3 is 2.55 bits per heavy atom. The lowest BCUT2D eigenvalue weighted by Crippen LogP contribution is -2.28. The predicted octanol–water partition coefficient (Wildman–Crippen LogP) is 6.54. The van der Waals surface area contributed by atoms with Gasteiger partial charge in [-0.2, -0.15) is 4.40 Å². The first-order valence-corrected chi connectivity index (χ1v) is 10.4. The monoisotopic (exact) mass is 403 g/mol.